The van der Waals surface area contributed by atoms with E-state index >= 15 is 0 Å². The van der Waals surface area contributed by atoms with Gasteiger partial charge in [0.15, 0.2) is 0 Å². The minimum absolute atomic E-state index is 0.338. The van der Waals surface area contributed by atoms with Crippen LogP contribution in [-0.4, -0.2) is 12.4 Å². The van der Waals surface area contributed by atoms with Gasteiger partial charge in [-0.15, -0.1) is 0 Å². The van der Waals surface area contributed by atoms with Gasteiger partial charge in [-0.05, 0) is 36.6 Å². The first-order chi connectivity index (χ1) is 7.79. The monoisotopic (exact) mass is 216 g/mol. The largest absolute Gasteiger partial charge is 0.494 e. The van der Waals surface area contributed by atoms with Crippen LogP contribution < -0.4 is 4.74 Å². The summed E-state index contributed by atoms with van der Waals surface area (Å²) in [4.78, 5) is 11.1. The van der Waals surface area contributed by atoms with Gasteiger partial charge in [-0.2, -0.15) is 0 Å². The Kier molecular flexibility index (Phi) is 3.40. The van der Waals surface area contributed by atoms with Crippen LogP contribution in [-0.2, 0) is 4.79 Å². The van der Waals surface area contributed by atoms with Crippen molar-refractivity contribution in [2.75, 3.05) is 6.61 Å². The minimum atomic E-state index is 0.338. The molecule has 0 heterocycles. The maximum absolute atomic E-state index is 11.1. The molecule has 0 unspecified atom stereocenters. The number of ketones is 1. The third kappa shape index (κ3) is 2.51. The molecular weight excluding hydrogens is 200 g/mol. The summed E-state index contributed by atoms with van der Waals surface area (Å²) in [5, 5.41) is 0. The van der Waals surface area contributed by atoms with Crippen molar-refractivity contribution in [2.45, 2.75) is 26.2 Å². The Morgan fingerprint density at radius 3 is 2.88 bits per heavy atom. The Hall–Kier alpha value is -1.57. The van der Waals surface area contributed by atoms with Crippen LogP contribution >= 0.6 is 0 Å². The van der Waals surface area contributed by atoms with E-state index in [1.807, 2.05) is 31.2 Å². The molecule has 0 saturated carbocycles. The van der Waals surface area contributed by atoms with Gasteiger partial charge in [0.2, 0.25) is 0 Å². The lowest BCUT2D eigenvalue weighted by molar-refractivity contribution is -0.118. The van der Waals surface area contributed by atoms with Crippen LogP contribution in [0.15, 0.2) is 30.3 Å². The number of rotatable bonds is 3. The zero-order valence-electron chi connectivity index (χ0n) is 9.53. The zero-order valence-corrected chi connectivity index (χ0v) is 9.53. The molecule has 0 atom stereocenters. The summed E-state index contributed by atoms with van der Waals surface area (Å²) < 4.78 is 5.46. The van der Waals surface area contributed by atoms with E-state index in [2.05, 4.69) is 6.07 Å². The maximum Gasteiger partial charge on any atom is 0.137 e. The van der Waals surface area contributed by atoms with Gasteiger partial charge in [0.25, 0.3) is 0 Å². The second-order valence-electron chi connectivity index (χ2n) is 3.93. The molecular formula is C14H16O2. The third-order valence-corrected chi connectivity index (χ3v) is 2.77. The highest BCUT2D eigenvalue weighted by atomic mass is 16.5. The molecule has 1 aromatic carbocycles. The summed E-state index contributed by atoms with van der Waals surface area (Å²) in [6.45, 7) is 2.66. The third-order valence-electron chi connectivity index (χ3n) is 2.77. The first-order valence-corrected chi connectivity index (χ1v) is 5.73. The number of hydrogen-bond acceptors (Lipinski definition) is 2. The fraction of sp³-hybridized carbons (Fsp3) is 0.357. The Morgan fingerprint density at radius 2 is 2.19 bits per heavy atom. The van der Waals surface area contributed by atoms with Crippen LogP contribution in [0.1, 0.15) is 31.7 Å². The average Bonchev–Trinajstić information content (AvgIpc) is 2.31. The quantitative estimate of drug-likeness (QED) is 0.775. The van der Waals surface area contributed by atoms with Crippen LogP contribution in [0, 0.1) is 0 Å². The lowest BCUT2D eigenvalue weighted by Crippen LogP contribution is -2.03. The minimum Gasteiger partial charge on any atom is -0.494 e. The van der Waals surface area contributed by atoms with Crippen molar-refractivity contribution in [1.82, 2.24) is 0 Å². The lowest BCUT2D eigenvalue weighted by atomic mass is 9.93. The number of allylic oxidation sites excluding steroid dienone is 2. The van der Waals surface area contributed by atoms with Gasteiger partial charge in [0.05, 0.1) is 6.61 Å². The Bertz CT molecular complexity index is 418. The number of Topliss-reactive ketones (excluding diaryl/α,β-unsaturated/α-hetero) is 1. The van der Waals surface area contributed by atoms with Crippen molar-refractivity contribution in [3.8, 4) is 5.75 Å². The molecule has 0 bridgehead atoms. The fourth-order valence-corrected chi connectivity index (χ4v) is 1.93. The van der Waals surface area contributed by atoms with E-state index in [1.165, 1.54) is 11.1 Å². The van der Waals surface area contributed by atoms with Gasteiger partial charge in [-0.25, -0.2) is 0 Å². The Balaban J connectivity index is 2.20. The molecule has 2 nitrogen and oxygen atoms in total. The summed E-state index contributed by atoms with van der Waals surface area (Å²) in [7, 11) is 0. The second-order valence-corrected chi connectivity index (χ2v) is 3.93. The predicted octanol–water partition coefficient (Wildman–Crippen LogP) is 3.22. The van der Waals surface area contributed by atoms with E-state index in [4.69, 9.17) is 4.74 Å². The normalized spacial score (nSPS) is 15.8. The van der Waals surface area contributed by atoms with Crippen molar-refractivity contribution < 1.29 is 9.53 Å². The topological polar surface area (TPSA) is 26.3 Å². The van der Waals surface area contributed by atoms with Gasteiger partial charge in [-0.3, -0.25) is 4.79 Å². The summed E-state index contributed by atoms with van der Waals surface area (Å²) in [5.41, 5.74) is 2.44. The molecule has 0 aliphatic heterocycles. The van der Waals surface area contributed by atoms with E-state index in [9.17, 15) is 4.79 Å². The summed E-state index contributed by atoms with van der Waals surface area (Å²) in [6, 6.07) is 8.08. The number of hydrogen-bond donors (Lipinski definition) is 0. The summed E-state index contributed by atoms with van der Waals surface area (Å²) in [6.07, 6.45) is 4.14. The van der Waals surface area contributed by atoms with E-state index < -0.39 is 0 Å². The van der Waals surface area contributed by atoms with Gasteiger partial charge < -0.3 is 4.74 Å². The molecule has 0 fully saturated rings. The molecule has 1 aliphatic carbocycles. The van der Waals surface area contributed by atoms with E-state index in [0.29, 0.717) is 25.2 Å². The van der Waals surface area contributed by atoms with E-state index in [0.717, 1.165) is 12.2 Å². The van der Waals surface area contributed by atoms with Crippen molar-refractivity contribution in [2.24, 2.45) is 0 Å². The standard InChI is InChI=1S/C14H16O2/c1-2-16-14-5-3-4-12(10-14)11-6-8-13(15)9-7-11/h3-6,10H,2,7-9H2,1H3. The van der Waals surface area contributed by atoms with Crippen molar-refractivity contribution in [1.29, 1.82) is 0 Å². The smallest absolute Gasteiger partial charge is 0.137 e. The summed E-state index contributed by atoms with van der Waals surface area (Å²) in [5.74, 6) is 1.24. The molecule has 0 N–H and O–H groups in total. The molecule has 0 spiro atoms. The van der Waals surface area contributed by atoms with Crippen LogP contribution in [0.2, 0.25) is 0 Å². The molecule has 1 aliphatic rings. The maximum atomic E-state index is 11.1. The van der Waals surface area contributed by atoms with Crippen LogP contribution in [0.25, 0.3) is 5.57 Å². The van der Waals surface area contributed by atoms with Crippen molar-refractivity contribution in [3.05, 3.63) is 35.9 Å². The van der Waals surface area contributed by atoms with Crippen LogP contribution in [0.3, 0.4) is 0 Å². The van der Waals surface area contributed by atoms with Crippen LogP contribution in [0.4, 0.5) is 0 Å². The predicted molar refractivity (Wildman–Crippen MR) is 64.4 cm³/mol. The van der Waals surface area contributed by atoms with Crippen LogP contribution in [0.5, 0.6) is 5.75 Å². The number of carbonyl (C=O) groups excluding carboxylic acids is 1. The first-order valence-electron chi connectivity index (χ1n) is 5.73. The highest BCUT2D eigenvalue weighted by Crippen LogP contribution is 2.27. The van der Waals surface area contributed by atoms with Gasteiger partial charge in [0, 0.05) is 12.8 Å². The number of benzene rings is 1. The van der Waals surface area contributed by atoms with E-state index in [-0.39, 0.29) is 0 Å². The van der Waals surface area contributed by atoms with Gasteiger partial charge in [-0.1, -0.05) is 18.2 Å². The highest BCUT2D eigenvalue weighted by Gasteiger charge is 2.11. The van der Waals surface area contributed by atoms with Gasteiger partial charge >= 0.3 is 0 Å². The zero-order chi connectivity index (χ0) is 11.4. The highest BCUT2D eigenvalue weighted by molar-refractivity contribution is 5.87. The average molecular weight is 216 g/mol. The second kappa shape index (κ2) is 4.97. The molecule has 0 saturated heterocycles. The summed E-state index contributed by atoms with van der Waals surface area (Å²) >= 11 is 0. The molecule has 2 heteroatoms. The molecule has 2 rings (SSSR count). The lowest BCUT2D eigenvalue weighted by Gasteiger charge is -2.13. The van der Waals surface area contributed by atoms with Crippen molar-refractivity contribution >= 4 is 11.4 Å². The Morgan fingerprint density at radius 1 is 1.31 bits per heavy atom. The Labute approximate surface area is 95.9 Å². The molecule has 0 amide bonds. The first kappa shape index (κ1) is 10.9. The molecule has 0 aromatic heterocycles. The molecule has 1 aromatic rings. The number of ether oxygens (including phenoxy) is 1. The molecule has 16 heavy (non-hydrogen) atoms. The number of carbonyl (C=O) groups is 1. The fourth-order valence-electron chi connectivity index (χ4n) is 1.93. The van der Waals surface area contributed by atoms with E-state index in [1.54, 1.807) is 0 Å². The van der Waals surface area contributed by atoms with Gasteiger partial charge in [0.1, 0.15) is 11.5 Å². The molecule has 0 radical (unpaired) electrons. The van der Waals surface area contributed by atoms with Crippen molar-refractivity contribution in [3.63, 3.8) is 0 Å². The SMILES string of the molecule is CCOc1cccc(C2=CCC(=O)CC2)c1. The molecule has 84 valence electrons.